The van der Waals surface area contributed by atoms with E-state index in [0.717, 1.165) is 16.6 Å². The van der Waals surface area contributed by atoms with E-state index < -0.39 is 0 Å². The number of nitrogens with one attached hydrogen (secondary N) is 1. The minimum atomic E-state index is 0.714. The van der Waals surface area contributed by atoms with Crippen molar-refractivity contribution in [2.45, 2.75) is 13.1 Å². The molecule has 5 heteroatoms. The summed E-state index contributed by atoms with van der Waals surface area (Å²) in [5, 5.41) is 7.04. The van der Waals surface area contributed by atoms with E-state index in [4.69, 9.17) is 16.1 Å². The van der Waals surface area contributed by atoms with Crippen LogP contribution in [-0.4, -0.2) is 5.16 Å². The fourth-order valence-corrected chi connectivity index (χ4v) is 2.15. The lowest BCUT2D eigenvalue weighted by Gasteiger charge is -1.98. The molecule has 0 fully saturated rings. The van der Waals surface area contributed by atoms with Gasteiger partial charge in [0.25, 0.3) is 0 Å². The molecule has 2 rings (SSSR count). The summed E-state index contributed by atoms with van der Waals surface area (Å²) in [5.41, 5.74) is 0.910. The third-order valence-electron chi connectivity index (χ3n) is 1.73. The van der Waals surface area contributed by atoms with Crippen molar-refractivity contribution in [1.82, 2.24) is 10.5 Å². The van der Waals surface area contributed by atoms with Crippen LogP contribution in [-0.2, 0) is 13.1 Å². The molecule has 2 aromatic heterocycles. The van der Waals surface area contributed by atoms with Crippen LogP contribution < -0.4 is 5.32 Å². The van der Waals surface area contributed by atoms with Crippen LogP contribution in [0.25, 0.3) is 0 Å². The van der Waals surface area contributed by atoms with Gasteiger partial charge in [-0.05, 0) is 12.1 Å². The van der Waals surface area contributed by atoms with Crippen molar-refractivity contribution in [3.8, 4) is 0 Å². The van der Waals surface area contributed by atoms with Gasteiger partial charge < -0.3 is 9.84 Å². The molecule has 0 bridgehead atoms. The highest BCUT2D eigenvalue weighted by molar-refractivity contribution is 7.16. The van der Waals surface area contributed by atoms with Crippen LogP contribution in [0.5, 0.6) is 0 Å². The molecule has 3 nitrogen and oxygen atoms in total. The molecule has 0 saturated carbocycles. The van der Waals surface area contributed by atoms with Gasteiger partial charge in [-0.3, -0.25) is 0 Å². The minimum Gasteiger partial charge on any atom is -0.364 e. The van der Waals surface area contributed by atoms with Crippen LogP contribution in [0.15, 0.2) is 29.0 Å². The first-order valence-corrected chi connectivity index (χ1v) is 5.38. The van der Waals surface area contributed by atoms with E-state index in [2.05, 4.69) is 10.5 Å². The third-order valence-corrected chi connectivity index (χ3v) is 2.96. The van der Waals surface area contributed by atoms with Gasteiger partial charge in [0.1, 0.15) is 6.26 Å². The van der Waals surface area contributed by atoms with Gasteiger partial charge in [0, 0.05) is 24.0 Å². The van der Waals surface area contributed by atoms with Gasteiger partial charge in [-0.2, -0.15) is 0 Å². The molecular formula is C9H9ClN2OS. The summed E-state index contributed by atoms with van der Waals surface area (Å²) in [6.45, 7) is 1.52. The molecule has 0 saturated heterocycles. The van der Waals surface area contributed by atoms with Crippen molar-refractivity contribution < 1.29 is 4.52 Å². The van der Waals surface area contributed by atoms with Gasteiger partial charge in [-0.15, -0.1) is 11.3 Å². The Kier molecular flexibility index (Phi) is 3.18. The predicted octanol–water partition coefficient (Wildman–Crippen LogP) is 2.68. The second kappa shape index (κ2) is 4.59. The maximum absolute atomic E-state index is 5.80. The highest BCUT2D eigenvalue weighted by atomic mass is 35.5. The van der Waals surface area contributed by atoms with Crippen molar-refractivity contribution in [3.05, 3.63) is 39.4 Å². The zero-order valence-corrected chi connectivity index (χ0v) is 8.94. The average Bonchev–Trinajstić information content (AvgIpc) is 2.77. The standard InChI is InChI=1S/C9H9ClN2OS/c10-9-2-1-8(14-9)6-11-5-7-3-4-13-12-7/h1-4,11H,5-6H2. The zero-order valence-electron chi connectivity index (χ0n) is 7.37. The van der Waals surface area contributed by atoms with Crippen LogP contribution in [0.1, 0.15) is 10.6 Å². The normalized spacial score (nSPS) is 10.6. The number of hydrogen-bond acceptors (Lipinski definition) is 4. The maximum atomic E-state index is 5.80. The van der Waals surface area contributed by atoms with Crippen molar-refractivity contribution in [3.63, 3.8) is 0 Å². The molecule has 0 aliphatic rings. The lowest BCUT2D eigenvalue weighted by molar-refractivity contribution is 0.408. The SMILES string of the molecule is Clc1ccc(CNCc2ccon2)s1. The monoisotopic (exact) mass is 228 g/mol. The fourth-order valence-electron chi connectivity index (χ4n) is 1.09. The first-order valence-electron chi connectivity index (χ1n) is 4.19. The van der Waals surface area contributed by atoms with E-state index in [1.165, 1.54) is 4.88 Å². The Bertz CT molecular complexity index is 385. The molecule has 0 aromatic carbocycles. The van der Waals surface area contributed by atoms with Crippen LogP contribution >= 0.6 is 22.9 Å². The maximum Gasteiger partial charge on any atom is 0.124 e. The topological polar surface area (TPSA) is 38.1 Å². The molecular weight excluding hydrogens is 220 g/mol. The Hall–Kier alpha value is -0.840. The minimum absolute atomic E-state index is 0.714. The fraction of sp³-hybridized carbons (Fsp3) is 0.222. The number of rotatable bonds is 4. The van der Waals surface area contributed by atoms with E-state index in [-0.39, 0.29) is 0 Å². The number of nitrogens with zero attached hydrogens (tertiary/aromatic N) is 1. The molecule has 2 heterocycles. The third kappa shape index (κ3) is 2.57. The second-order valence-electron chi connectivity index (χ2n) is 2.80. The van der Waals surface area contributed by atoms with Gasteiger partial charge in [-0.25, -0.2) is 0 Å². The van der Waals surface area contributed by atoms with E-state index in [0.29, 0.717) is 6.54 Å². The summed E-state index contributed by atoms with van der Waals surface area (Å²) in [5.74, 6) is 0. The van der Waals surface area contributed by atoms with Gasteiger partial charge in [-0.1, -0.05) is 16.8 Å². The van der Waals surface area contributed by atoms with E-state index in [1.807, 2.05) is 18.2 Å². The Labute approximate surface area is 90.7 Å². The Morgan fingerprint density at radius 2 is 2.29 bits per heavy atom. The average molecular weight is 229 g/mol. The molecule has 0 atom stereocenters. The first-order chi connectivity index (χ1) is 6.84. The quantitative estimate of drug-likeness (QED) is 0.875. The lowest BCUT2D eigenvalue weighted by atomic mass is 10.4. The molecule has 0 amide bonds. The van der Waals surface area contributed by atoms with E-state index in [1.54, 1.807) is 17.6 Å². The van der Waals surface area contributed by atoms with Gasteiger partial charge in [0.2, 0.25) is 0 Å². The summed E-state index contributed by atoms with van der Waals surface area (Å²) < 4.78 is 5.54. The molecule has 0 unspecified atom stereocenters. The summed E-state index contributed by atoms with van der Waals surface area (Å²) in [6, 6.07) is 5.76. The number of hydrogen-bond donors (Lipinski definition) is 1. The Balaban J connectivity index is 1.78. The first kappa shape index (κ1) is 9.71. The summed E-state index contributed by atoms with van der Waals surface area (Å²) in [6.07, 6.45) is 1.57. The molecule has 1 N–H and O–H groups in total. The number of thiophene rings is 1. The summed E-state index contributed by atoms with van der Waals surface area (Å²) in [7, 11) is 0. The van der Waals surface area contributed by atoms with Crippen LogP contribution in [0.3, 0.4) is 0 Å². The lowest BCUT2D eigenvalue weighted by Crippen LogP contribution is -2.11. The molecule has 0 aliphatic heterocycles. The van der Waals surface area contributed by atoms with Crippen molar-refractivity contribution in [2.24, 2.45) is 0 Å². The zero-order chi connectivity index (χ0) is 9.80. The van der Waals surface area contributed by atoms with Crippen molar-refractivity contribution in [1.29, 1.82) is 0 Å². The Morgan fingerprint density at radius 3 is 2.93 bits per heavy atom. The van der Waals surface area contributed by atoms with Gasteiger partial charge in [0.15, 0.2) is 0 Å². The second-order valence-corrected chi connectivity index (χ2v) is 4.60. The largest absolute Gasteiger partial charge is 0.364 e. The summed E-state index contributed by atoms with van der Waals surface area (Å²) in [4.78, 5) is 1.22. The smallest absolute Gasteiger partial charge is 0.124 e. The predicted molar refractivity (Wildman–Crippen MR) is 56.4 cm³/mol. The molecule has 2 aromatic rings. The molecule has 0 spiro atoms. The van der Waals surface area contributed by atoms with Crippen molar-refractivity contribution in [2.75, 3.05) is 0 Å². The molecule has 74 valence electrons. The van der Waals surface area contributed by atoms with Crippen LogP contribution in [0.2, 0.25) is 4.34 Å². The van der Waals surface area contributed by atoms with Gasteiger partial charge in [0.05, 0.1) is 10.0 Å². The van der Waals surface area contributed by atoms with Crippen molar-refractivity contribution >= 4 is 22.9 Å². The molecule has 0 aliphatic carbocycles. The molecule has 0 radical (unpaired) electrons. The highest BCUT2D eigenvalue weighted by Crippen LogP contribution is 2.20. The van der Waals surface area contributed by atoms with Gasteiger partial charge >= 0.3 is 0 Å². The van der Waals surface area contributed by atoms with E-state index in [9.17, 15) is 0 Å². The van der Waals surface area contributed by atoms with E-state index >= 15 is 0 Å². The van der Waals surface area contributed by atoms with Crippen LogP contribution in [0.4, 0.5) is 0 Å². The molecule has 14 heavy (non-hydrogen) atoms. The van der Waals surface area contributed by atoms with Crippen LogP contribution in [0, 0.1) is 0 Å². The summed E-state index contributed by atoms with van der Waals surface area (Å²) >= 11 is 7.39. The highest BCUT2D eigenvalue weighted by Gasteiger charge is 1.98. The Morgan fingerprint density at radius 1 is 1.36 bits per heavy atom. The number of aromatic nitrogens is 1. The number of halogens is 1.